The smallest absolute Gasteiger partial charge is 0.237 e. The molecule has 0 aliphatic carbocycles. The Morgan fingerprint density at radius 3 is 2.96 bits per heavy atom. The summed E-state index contributed by atoms with van der Waals surface area (Å²) >= 11 is 1.42. The third-order valence-corrected chi connectivity index (χ3v) is 4.27. The Kier molecular flexibility index (Phi) is 3.81. The summed E-state index contributed by atoms with van der Waals surface area (Å²) in [5, 5.41) is 16.4. The fourth-order valence-electron chi connectivity index (χ4n) is 2.14. The molecule has 1 aliphatic heterocycles. The number of ether oxygens (including phenoxy) is 2. The average Bonchev–Trinajstić information content (AvgIpc) is 3.31. The minimum atomic E-state index is 0.228. The lowest BCUT2D eigenvalue weighted by Gasteiger charge is -2.04. The highest BCUT2D eigenvalue weighted by atomic mass is 32.2. The zero-order valence-corrected chi connectivity index (χ0v) is 13.9. The number of fused-ring (bicyclic) bond motifs is 1. The first-order valence-corrected chi connectivity index (χ1v) is 8.33. The highest BCUT2D eigenvalue weighted by molar-refractivity contribution is 7.98. The first kappa shape index (κ1) is 14.9. The molecule has 0 saturated carbocycles. The van der Waals surface area contributed by atoms with Crippen molar-refractivity contribution >= 4 is 11.8 Å². The lowest BCUT2D eigenvalue weighted by molar-refractivity contribution is 0.174. The maximum atomic E-state index is 5.39. The number of hydrogen-bond acceptors (Lipinski definition) is 9. The maximum Gasteiger partial charge on any atom is 0.237 e. The number of hydrogen-bond donors (Lipinski definition) is 0. The van der Waals surface area contributed by atoms with Gasteiger partial charge in [0, 0.05) is 12.0 Å². The Morgan fingerprint density at radius 2 is 2.12 bits per heavy atom. The molecule has 0 fully saturated rings. The van der Waals surface area contributed by atoms with E-state index < -0.39 is 0 Å². The first-order chi connectivity index (χ1) is 11.7. The number of nitrogens with zero attached hydrogens (tertiary/aromatic N) is 6. The second kappa shape index (κ2) is 6.11. The van der Waals surface area contributed by atoms with Crippen molar-refractivity contribution in [3.8, 4) is 17.2 Å². The van der Waals surface area contributed by atoms with Crippen LogP contribution in [0.15, 0.2) is 27.9 Å². The van der Waals surface area contributed by atoms with E-state index in [2.05, 4.69) is 25.7 Å². The monoisotopic (exact) mass is 346 g/mol. The topological polar surface area (TPSA) is 101 Å². The van der Waals surface area contributed by atoms with Crippen LogP contribution in [0.2, 0.25) is 0 Å². The predicted octanol–water partition coefficient (Wildman–Crippen LogP) is 2.19. The van der Waals surface area contributed by atoms with E-state index in [0.717, 1.165) is 5.69 Å². The zero-order chi connectivity index (χ0) is 16.5. The summed E-state index contributed by atoms with van der Waals surface area (Å²) < 4.78 is 17.6. The predicted molar refractivity (Wildman–Crippen MR) is 83.2 cm³/mol. The van der Waals surface area contributed by atoms with E-state index in [1.165, 1.54) is 11.8 Å². The van der Waals surface area contributed by atoms with Gasteiger partial charge in [-0.05, 0) is 22.6 Å². The van der Waals surface area contributed by atoms with Crippen LogP contribution in [0.5, 0.6) is 11.5 Å². The van der Waals surface area contributed by atoms with Gasteiger partial charge in [-0.15, -0.1) is 5.10 Å². The Morgan fingerprint density at radius 1 is 1.25 bits per heavy atom. The van der Waals surface area contributed by atoms with Gasteiger partial charge in [-0.3, -0.25) is 0 Å². The molecule has 0 radical (unpaired) electrons. The molecular weight excluding hydrogens is 332 g/mol. The summed E-state index contributed by atoms with van der Waals surface area (Å²) in [5.41, 5.74) is 0.792. The largest absolute Gasteiger partial charge is 0.454 e. The number of thioether (sulfide) groups is 1. The summed E-state index contributed by atoms with van der Waals surface area (Å²) in [7, 11) is 0. The molecule has 3 aromatic rings. The molecule has 0 unspecified atom stereocenters. The highest BCUT2D eigenvalue weighted by Gasteiger charge is 2.17. The molecule has 2 aromatic heterocycles. The van der Waals surface area contributed by atoms with Crippen molar-refractivity contribution in [1.29, 1.82) is 0 Å². The van der Waals surface area contributed by atoms with Gasteiger partial charge in [0.1, 0.15) is 0 Å². The molecule has 0 saturated heterocycles. The maximum absolute atomic E-state index is 5.39. The quantitative estimate of drug-likeness (QED) is 0.643. The van der Waals surface area contributed by atoms with Gasteiger partial charge in [0.25, 0.3) is 0 Å². The molecule has 1 aliphatic rings. The van der Waals surface area contributed by atoms with Crippen molar-refractivity contribution in [2.45, 2.75) is 30.7 Å². The SMILES string of the molecule is CC(C)c1noc(CSc2nnnn2-c2ccc3c(c2)OCO3)n1. The Hall–Kier alpha value is -2.62. The van der Waals surface area contributed by atoms with E-state index in [4.69, 9.17) is 14.0 Å². The molecule has 0 amide bonds. The van der Waals surface area contributed by atoms with Gasteiger partial charge in [-0.1, -0.05) is 30.8 Å². The summed E-state index contributed by atoms with van der Waals surface area (Å²) in [6.45, 7) is 4.26. The molecule has 3 heterocycles. The molecule has 124 valence electrons. The fraction of sp³-hybridized carbons (Fsp3) is 0.357. The van der Waals surface area contributed by atoms with Gasteiger partial charge >= 0.3 is 0 Å². The van der Waals surface area contributed by atoms with Crippen LogP contribution in [-0.4, -0.2) is 37.1 Å². The molecule has 1 aromatic carbocycles. The molecule has 0 spiro atoms. The fourth-order valence-corrected chi connectivity index (χ4v) is 2.86. The van der Waals surface area contributed by atoms with Gasteiger partial charge in [0.2, 0.25) is 17.8 Å². The molecule has 10 heteroatoms. The Balaban J connectivity index is 1.52. The normalized spacial score (nSPS) is 13.0. The van der Waals surface area contributed by atoms with E-state index in [1.54, 1.807) is 4.68 Å². The van der Waals surface area contributed by atoms with Crippen LogP contribution in [0.3, 0.4) is 0 Å². The number of aromatic nitrogens is 6. The van der Waals surface area contributed by atoms with Crippen LogP contribution in [-0.2, 0) is 5.75 Å². The number of rotatable bonds is 5. The minimum absolute atomic E-state index is 0.228. The molecule has 24 heavy (non-hydrogen) atoms. The summed E-state index contributed by atoms with van der Waals surface area (Å²) in [4.78, 5) is 4.35. The Bertz CT molecular complexity index is 862. The van der Waals surface area contributed by atoms with Crippen molar-refractivity contribution in [3.63, 3.8) is 0 Å². The standard InChI is InChI=1S/C14H14N6O3S/c1-8(2)13-15-12(23-17-13)6-24-14-16-18-19-20(14)9-3-4-10-11(5-9)22-7-21-10/h3-5,8H,6-7H2,1-2H3. The summed E-state index contributed by atoms with van der Waals surface area (Å²) in [5.74, 6) is 3.35. The second-order valence-electron chi connectivity index (χ2n) is 5.40. The van der Waals surface area contributed by atoms with Crippen molar-refractivity contribution < 1.29 is 14.0 Å². The average molecular weight is 346 g/mol. The first-order valence-electron chi connectivity index (χ1n) is 7.34. The Labute approximate surface area is 141 Å². The van der Waals surface area contributed by atoms with E-state index in [1.807, 2.05) is 32.0 Å². The zero-order valence-electron chi connectivity index (χ0n) is 13.0. The van der Waals surface area contributed by atoms with E-state index in [0.29, 0.717) is 34.1 Å². The van der Waals surface area contributed by atoms with Gasteiger partial charge in [-0.2, -0.15) is 9.67 Å². The van der Waals surface area contributed by atoms with Crippen molar-refractivity contribution in [3.05, 3.63) is 29.9 Å². The number of benzene rings is 1. The van der Waals surface area contributed by atoms with Crippen LogP contribution in [0, 0.1) is 0 Å². The molecular formula is C14H14N6O3S. The van der Waals surface area contributed by atoms with Crippen molar-refractivity contribution in [2.24, 2.45) is 0 Å². The van der Waals surface area contributed by atoms with Crippen molar-refractivity contribution in [2.75, 3.05) is 6.79 Å². The summed E-state index contributed by atoms with van der Waals surface area (Å²) in [6.07, 6.45) is 0. The molecule has 4 rings (SSSR count). The van der Waals surface area contributed by atoms with Gasteiger partial charge < -0.3 is 14.0 Å². The summed E-state index contributed by atoms with van der Waals surface area (Å²) in [6, 6.07) is 5.55. The van der Waals surface area contributed by atoms with Crippen LogP contribution >= 0.6 is 11.8 Å². The molecule has 0 N–H and O–H groups in total. The van der Waals surface area contributed by atoms with E-state index >= 15 is 0 Å². The third kappa shape index (κ3) is 2.80. The van der Waals surface area contributed by atoms with Gasteiger partial charge in [0.15, 0.2) is 17.3 Å². The van der Waals surface area contributed by atoms with Crippen molar-refractivity contribution in [1.82, 2.24) is 30.3 Å². The van der Waals surface area contributed by atoms with Gasteiger partial charge in [0.05, 0.1) is 11.4 Å². The molecule has 9 nitrogen and oxygen atoms in total. The number of tetrazole rings is 1. The molecule has 0 bridgehead atoms. The van der Waals surface area contributed by atoms with Crippen LogP contribution < -0.4 is 9.47 Å². The minimum Gasteiger partial charge on any atom is -0.454 e. The van der Waals surface area contributed by atoms with Gasteiger partial charge in [-0.25, -0.2) is 0 Å². The van der Waals surface area contributed by atoms with Crippen LogP contribution in [0.25, 0.3) is 5.69 Å². The lowest BCUT2D eigenvalue weighted by atomic mass is 10.2. The van der Waals surface area contributed by atoms with E-state index in [9.17, 15) is 0 Å². The second-order valence-corrected chi connectivity index (χ2v) is 6.34. The third-order valence-electron chi connectivity index (χ3n) is 3.37. The van der Waals surface area contributed by atoms with E-state index in [-0.39, 0.29) is 12.7 Å². The van der Waals surface area contributed by atoms with Crippen LogP contribution in [0.1, 0.15) is 31.5 Å². The lowest BCUT2D eigenvalue weighted by Crippen LogP contribution is -1.99. The van der Waals surface area contributed by atoms with Crippen LogP contribution in [0.4, 0.5) is 0 Å². The molecule has 0 atom stereocenters. The highest BCUT2D eigenvalue weighted by Crippen LogP contribution is 2.34.